The van der Waals surface area contributed by atoms with Gasteiger partial charge in [0.15, 0.2) is 0 Å². The molecule has 0 aromatic rings. The first kappa shape index (κ1) is 58.4. The molecule has 0 unspecified atom stereocenters. The summed E-state index contributed by atoms with van der Waals surface area (Å²) < 4.78 is 51.7. The summed E-state index contributed by atoms with van der Waals surface area (Å²) in [5.41, 5.74) is -1.04. The molecule has 0 radical (unpaired) electrons. The highest BCUT2D eigenvalue weighted by Gasteiger charge is 2.33. The molecule has 2 saturated heterocycles. The number of carboxylic acids is 1. The number of alkyl carbamates (subject to hydrolysis) is 2. The van der Waals surface area contributed by atoms with E-state index in [0.29, 0.717) is 90.8 Å². The first-order valence-corrected chi connectivity index (χ1v) is 20.1. The second kappa shape index (κ2) is 34.8. The van der Waals surface area contributed by atoms with Crippen molar-refractivity contribution in [3.8, 4) is 0 Å². The van der Waals surface area contributed by atoms with Gasteiger partial charge >= 0.3 is 24.1 Å². The zero-order valence-electron chi connectivity index (χ0n) is 37.1. The van der Waals surface area contributed by atoms with Crippen LogP contribution in [0.4, 0.5) is 9.59 Å². The van der Waals surface area contributed by atoms with E-state index < -0.39 is 65.6 Å². The van der Waals surface area contributed by atoms with Crippen LogP contribution >= 0.6 is 0 Å². The molecule has 2 aliphatic rings. The van der Waals surface area contributed by atoms with E-state index in [4.69, 9.17) is 57.7 Å². The predicted molar refractivity (Wildman–Crippen MR) is 213 cm³/mol. The number of ether oxygens (including phenoxy) is 10. The lowest BCUT2D eigenvalue weighted by Crippen LogP contribution is -2.34. The Labute approximate surface area is 366 Å². The Balaban J connectivity index is 0.00000106. The molecule has 2 aliphatic heterocycles. The summed E-state index contributed by atoms with van der Waals surface area (Å²) in [5, 5.41) is 22.5. The van der Waals surface area contributed by atoms with Crippen molar-refractivity contribution in [1.29, 1.82) is 0 Å². The van der Waals surface area contributed by atoms with Gasteiger partial charge in [-0.05, 0) is 41.5 Å². The molecular weight excluding hydrogens is 848 g/mol. The van der Waals surface area contributed by atoms with Gasteiger partial charge in [0.25, 0.3) is 23.6 Å². The average Bonchev–Trinajstić information content (AvgIpc) is 3.66. The Morgan fingerprint density at radius 1 is 0.492 bits per heavy atom. The van der Waals surface area contributed by atoms with Gasteiger partial charge in [-0.25, -0.2) is 19.2 Å². The molecule has 25 nitrogen and oxygen atoms in total. The zero-order valence-corrected chi connectivity index (χ0v) is 37.1. The molecule has 6 amide bonds. The Morgan fingerprint density at radius 3 is 1.10 bits per heavy atom. The molecule has 25 heteroatoms. The number of carbonyl (C=O) groups excluding carboxylic acids is 7. The van der Waals surface area contributed by atoms with Crippen molar-refractivity contribution >= 4 is 47.8 Å². The third-order valence-electron chi connectivity index (χ3n) is 6.73. The summed E-state index contributed by atoms with van der Waals surface area (Å²) in [5.74, 6) is -3.91. The van der Waals surface area contributed by atoms with E-state index in [9.17, 15) is 38.4 Å². The number of rotatable bonds is 29. The number of hydroxylamine groups is 4. The summed E-state index contributed by atoms with van der Waals surface area (Å²) in [6.45, 7) is 15.5. The molecule has 2 heterocycles. The van der Waals surface area contributed by atoms with E-state index in [-0.39, 0.29) is 57.2 Å². The fourth-order valence-corrected chi connectivity index (χ4v) is 4.06. The topological polar surface area (TPSA) is 309 Å². The summed E-state index contributed by atoms with van der Waals surface area (Å²) in [7, 11) is 0. The van der Waals surface area contributed by atoms with E-state index in [2.05, 4.69) is 15.5 Å². The third-order valence-corrected chi connectivity index (χ3v) is 6.73. The van der Waals surface area contributed by atoms with Gasteiger partial charge in [-0.2, -0.15) is 5.06 Å². The molecule has 0 aromatic heterocycles. The number of amides is 6. The van der Waals surface area contributed by atoms with E-state index >= 15 is 0 Å². The van der Waals surface area contributed by atoms with E-state index in [1.807, 2.05) is 0 Å². The normalized spacial score (nSPS) is 13.8. The predicted octanol–water partition coefficient (Wildman–Crippen LogP) is 0.371. The van der Waals surface area contributed by atoms with Crippen LogP contribution in [0.1, 0.15) is 67.2 Å². The smallest absolute Gasteiger partial charge is 0.407 e. The van der Waals surface area contributed by atoms with Crippen molar-refractivity contribution < 1.29 is 101 Å². The standard InChI is InChI=1S/C19H32N2O10.C15H29NO8.C4H5NO3/c1-19(2,3)30-18(25)20-6-7-26-8-9-27-10-11-28-12-13-29-14-17(24)31-21-15(22)4-5-16(21)23;1-15(2,3)24-14(19)16-4-5-20-6-7-21-8-9-22-10-11-23-12-13(17)18;6-3-1-2-4(7)5(3)8/h4-14H2,1-3H3,(H,20,25);4-12H2,1-3H3,(H,16,19)(H,17,18);8H,1-2H2. The fraction of sp³-hybridized carbons (Fsp3) is 0.789. The zero-order chi connectivity index (χ0) is 47.5. The maximum absolute atomic E-state index is 11.5. The molecule has 0 aliphatic carbocycles. The minimum Gasteiger partial charge on any atom is -0.480 e. The van der Waals surface area contributed by atoms with Gasteiger partial charge in [0.1, 0.15) is 24.4 Å². The minimum absolute atomic E-state index is 0.0420. The fourth-order valence-electron chi connectivity index (χ4n) is 4.06. The molecule has 0 spiro atoms. The van der Waals surface area contributed by atoms with Crippen LogP contribution in [0.5, 0.6) is 0 Å². The van der Waals surface area contributed by atoms with E-state index in [0.717, 1.165) is 0 Å². The number of hydrogen-bond acceptors (Lipinski definition) is 20. The van der Waals surface area contributed by atoms with Crippen LogP contribution in [0.2, 0.25) is 0 Å². The Bertz CT molecular complexity index is 1340. The van der Waals surface area contributed by atoms with Gasteiger partial charge in [0.05, 0.1) is 92.5 Å². The number of carboxylic acid groups (broad SMARTS) is 1. The van der Waals surface area contributed by atoms with Crippen LogP contribution < -0.4 is 10.6 Å². The molecule has 0 saturated carbocycles. The second-order valence-corrected chi connectivity index (χ2v) is 14.7. The first-order chi connectivity index (χ1) is 29.7. The quantitative estimate of drug-likeness (QED) is 0.0448. The van der Waals surface area contributed by atoms with Gasteiger partial charge < -0.3 is 67.9 Å². The molecule has 364 valence electrons. The lowest BCUT2D eigenvalue weighted by atomic mass is 10.2. The molecule has 0 atom stereocenters. The average molecular weight is 915 g/mol. The van der Waals surface area contributed by atoms with Crippen molar-refractivity contribution in [2.75, 3.05) is 119 Å². The molecule has 63 heavy (non-hydrogen) atoms. The maximum Gasteiger partial charge on any atom is 0.407 e. The molecule has 4 N–H and O–H groups in total. The van der Waals surface area contributed by atoms with Crippen molar-refractivity contribution in [3.63, 3.8) is 0 Å². The van der Waals surface area contributed by atoms with Crippen molar-refractivity contribution in [3.05, 3.63) is 0 Å². The third kappa shape index (κ3) is 36.6. The second-order valence-electron chi connectivity index (χ2n) is 14.7. The number of nitrogens with zero attached hydrogens (tertiary/aromatic N) is 2. The summed E-state index contributed by atoms with van der Waals surface area (Å²) in [4.78, 5) is 92.1. The lowest BCUT2D eigenvalue weighted by Gasteiger charge is -2.19. The van der Waals surface area contributed by atoms with Crippen molar-refractivity contribution in [1.82, 2.24) is 20.8 Å². The molecular formula is C38H66N4O21. The number of aliphatic carboxylic acids is 1. The van der Waals surface area contributed by atoms with E-state index in [1.54, 1.807) is 41.5 Å². The first-order valence-electron chi connectivity index (χ1n) is 20.1. The minimum atomic E-state index is -1.00. The summed E-state index contributed by atoms with van der Waals surface area (Å²) in [6.07, 6.45) is -0.570. The number of nitrogens with one attached hydrogen (secondary N) is 2. The molecule has 0 aromatic carbocycles. The van der Waals surface area contributed by atoms with Crippen LogP contribution in [-0.2, 0) is 81.0 Å². The van der Waals surface area contributed by atoms with Crippen molar-refractivity contribution in [2.24, 2.45) is 0 Å². The lowest BCUT2D eigenvalue weighted by molar-refractivity contribution is -0.200. The Morgan fingerprint density at radius 2 is 0.794 bits per heavy atom. The molecule has 2 fully saturated rings. The maximum atomic E-state index is 11.5. The van der Waals surface area contributed by atoms with Crippen LogP contribution in [-0.4, -0.2) is 198 Å². The Hall–Kier alpha value is -4.60. The number of carbonyl (C=O) groups is 8. The van der Waals surface area contributed by atoms with Crippen LogP contribution in [0.25, 0.3) is 0 Å². The highest BCUT2D eigenvalue weighted by molar-refractivity contribution is 6.01. The monoisotopic (exact) mass is 914 g/mol. The van der Waals surface area contributed by atoms with Crippen LogP contribution in [0.15, 0.2) is 0 Å². The van der Waals surface area contributed by atoms with Crippen molar-refractivity contribution in [2.45, 2.75) is 78.4 Å². The van der Waals surface area contributed by atoms with Crippen LogP contribution in [0, 0.1) is 0 Å². The molecule has 2 rings (SSSR count). The number of hydrogen-bond donors (Lipinski definition) is 4. The van der Waals surface area contributed by atoms with Gasteiger partial charge in [0, 0.05) is 38.8 Å². The highest BCUT2D eigenvalue weighted by Crippen LogP contribution is 2.12. The number of imide groups is 2. The van der Waals surface area contributed by atoms with Gasteiger partial charge in [0.2, 0.25) is 0 Å². The largest absolute Gasteiger partial charge is 0.480 e. The SMILES string of the molecule is CC(C)(C)OC(=O)NCCOCCOCCOCCOCC(=O)O.CC(C)(C)OC(=O)NCCOCCOCCOCCOCC(=O)ON1C(=O)CCC1=O.O=C1CCC(=O)N1O. The highest BCUT2D eigenvalue weighted by atomic mass is 16.7. The molecule has 0 bridgehead atoms. The Kier molecular flexibility index (Phi) is 32.3. The van der Waals surface area contributed by atoms with Crippen LogP contribution in [0.3, 0.4) is 0 Å². The van der Waals surface area contributed by atoms with E-state index in [1.165, 1.54) is 0 Å². The summed E-state index contributed by atoms with van der Waals surface area (Å²) in [6, 6.07) is 0. The summed E-state index contributed by atoms with van der Waals surface area (Å²) >= 11 is 0. The van der Waals surface area contributed by atoms with Gasteiger partial charge in [-0.15, -0.1) is 5.06 Å². The van der Waals surface area contributed by atoms with Gasteiger partial charge in [-0.3, -0.25) is 24.4 Å². The van der Waals surface area contributed by atoms with Gasteiger partial charge in [-0.1, -0.05) is 0 Å².